The van der Waals surface area contributed by atoms with Crippen molar-refractivity contribution >= 4 is 17.7 Å². The lowest BCUT2D eigenvalue weighted by atomic mass is 9.84. The minimum absolute atomic E-state index is 0.432. The number of para-hydroxylation sites is 1. The molecule has 0 heterocycles. The summed E-state index contributed by atoms with van der Waals surface area (Å²) in [5, 5.41) is 11.8. The molecule has 2 aromatic carbocycles. The highest BCUT2D eigenvalue weighted by atomic mass is 16.6. The zero-order valence-corrected chi connectivity index (χ0v) is 12.4. The molecule has 0 bridgehead atoms. The molecule has 0 aliphatic carbocycles. The second-order valence-corrected chi connectivity index (χ2v) is 5.34. The third-order valence-electron chi connectivity index (χ3n) is 3.32. The molecule has 22 heavy (non-hydrogen) atoms. The van der Waals surface area contributed by atoms with Crippen molar-refractivity contribution in [1.82, 2.24) is 0 Å². The lowest BCUT2D eigenvalue weighted by molar-refractivity contribution is -0.142. The molecule has 0 aromatic heterocycles. The average molecular weight is 299 g/mol. The summed E-state index contributed by atoms with van der Waals surface area (Å²) in [4.78, 5) is 23.1. The van der Waals surface area contributed by atoms with Crippen LogP contribution in [0.4, 0.5) is 10.5 Å². The zero-order valence-electron chi connectivity index (χ0n) is 12.4. The van der Waals surface area contributed by atoms with Gasteiger partial charge in [-0.05, 0) is 43.7 Å². The second-order valence-electron chi connectivity index (χ2n) is 5.34. The number of carboxylic acids is 1. The van der Waals surface area contributed by atoms with Gasteiger partial charge in [0, 0.05) is 5.69 Å². The highest BCUT2D eigenvalue weighted by molar-refractivity contribution is 5.87. The number of benzene rings is 2. The van der Waals surface area contributed by atoms with Gasteiger partial charge in [0.05, 0.1) is 5.41 Å². The fraction of sp³-hybridized carbons (Fsp3) is 0.176. The molecule has 5 nitrogen and oxygen atoms in total. The van der Waals surface area contributed by atoms with Crippen molar-refractivity contribution in [3.63, 3.8) is 0 Å². The monoisotopic (exact) mass is 299 g/mol. The number of aliphatic carboxylic acids is 1. The third-order valence-corrected chi connectivity index (χ3v) is 3.32. The van der Waals surface area contributed by atoms with Crippen LogP contribution in [-0.4, -0.2) is 17.2 Å². The van der Waals surface area contributed by atoms with Gasteiger partial charge in [-0.25, -0.2) is 4.79 Å². The van der Waals surface area contributed by atoms with Gasteiger partial charge in [0.2, 0.25) is 0 Å². The van der Waals surface area contributed by atoms with Gasteiger partial charge in [0.1, 0.15) is 5.75 Å². The number of ether oxygens (including phenoxy) is 1. The zero-order chi connectivity index (χ0) is 16.2. The van der Waals surface area contributed by atoms with E-state index in [-0.39, 0.29) is 0 Å². The molecule has 0 aliphatic rings. The van der Waals surface area contributed by atoms with Gasteiger partial charge in [-0.2, -0.15) is 0 Å². The third kappa shape index (κ3) is 3.63. The van der Waals surface area contributed by atoms with Crippen molar-refractivity contribution in [2.24, 2.45) is 0 Å². The molecule has 0 fully saturated rings. The Morgan fingerprint density at radius 1 is 1.05 bits per heavy atom. The van der Waals surface area contributed by atoms with Crippen LogP contribution in [0.25, 0.3) is 0 Å². The summed E-state index contributed by atoms with van der Waals surface area (Å²) in [7, 11) is 0. The van der Waals surface area contributed by atoms with Gasteiger partial charge in [0.15, 0.2) is 0 Å². The number of carbonyl (C=O) groups is 2. The normalized spacial score (nSPS) is 10.8. The Hall–Kier alpha value is -2.82. The number of rotatable bonds is 4. The van der Waals surface area contributed by atoms with Crippen LogP contribution < -0.4 is 10.1 Å². The van der Waals surface area contributed by atoms with Crippen LogP contribution in [0.3, 0.4) is 0 Å². The first kappa shape index (κ1) is 15.6. The molecule has 0 saturated heterocycles. The number of carboxylic acid groups (broad SMARTS) is 1. The summed E-state index contributed by atoms with van der Waals surface area (Å²) < 4.78 is 5.12. The predicted octanol–water partition coefficient (Wildman–Crippen LogP) is 3.66. The maximum atomic E-state index is 11.8. The van der Waals surface area contributed by atoms with Gasteiger partial charge >= 0.3 is 12.1 Å². The summed E-state index contributed by atoms with van der Waals surface area (Å²) in [6, 6.07) is 15.4. The van der Waals surface area contributed by atoms with Crippen molar-refractivity contribution in [2.75, 3.05) is 5.32 Å². The van der Waals surface area contributed by atoms with Crippen molar-refractivity contribution < 1.29 is 19.4 Å². The number of hydrogen-bond acceptors (Lipinski definition) is 3. The van der Waals surface area contributed by atoms with E-state index in [0.717, 1.165) is 0 Å². The van der Waals surface area contributed by atoms with E-state index in [2.05, 4.69) is 5.32 Å². The molecule has 0 saturated carbocycles. The SMILES string of the molecule is CC(C)(C(=O)O)c1cccc(NC(=O)Oc2ccccc2)c1. The Morgan fingerprint density at radius 2 is 1.73 bits per heavy atom. The molecule has 2 rings (SSSR count). The summed E-state index contributed by atoms with van der Waals surface area (Å²) >= 11 is 0. The number of hydrogen-bond donors (Lipinski definition) is 2. The molecular weight excluding hydrogens is 282 g/mol. The first-order valence-corrected chi connectivity index (χ1v) is 6.77. The molecule has 0 spiro atoms. The van der Waals surface area contributed by atoms with E-state index in [9.17, 15) is 14.7 Å². The molecule has 1 amide bonds. The van der Waals surface area contributed by atoms with Gasteiger partial charge < -0.3 is 9.84 Å². The number of carbonyl (C=O) groups excluding carboxylic acids is 1. The molecule has 5 heteroatoms. The van der Waals surface area contributed by atoms with Crippen molar-refractivity contribution in [1.29, 1.82) is 0 Å². The lowest BCUT2D eigenvalue weighted by Gasteiger charge is -2.20. The molecule has 2 N–H and O–H groups in total. The maximum absolute atomic E-state index is 11.8. The van der Waals surface area contributed by atoms with Gasteiger partial charge in [0.25, 0.3) is 0 Å². The van der Waals surface area contributed by atoms with Gasteiger partial charge in [-0.1, -0.05) is 30.3 Å². The van der Waals surface area contributed by atoms with Crippen LogP contribution in [-0.2, 0) is 10.2 Å². The average Bonchev–Trinajstić information content (AvgIpc) is 2.48. The van der Waals surface area contributed by atoms with Crippen molar-refractivity contribution in [3.8, 4) is 5.75 Å². The standard InChI is InChI=1S/C17H17NO4/c1-17(2,15(19)20)12-7-6-8-13(11-12)18-16(21)22-14-9-4-3-5-10-14/h3-11H,1-2H3,(H,18,21)(H,19,20). The van der Waals surface area contributed by atoms with Crippen LogP contribution >= 0.6 is 0 Å². The Kier molecular flexibility index (Phi) is 4.46. The highest BCUT2D eigenvalue weighted by Gasteiger charge is 2.29. The smallest absolute Gasteiger partial charge is 0.417 e. The Morgan fingerprint density at radius 3 is 2.36 bits per heavy atom. The summed E-state index contributed by atoms with van der Waals surface area (Å²) in [5.74, 6) is -0.501. The van der Waals surface area contributed by atoms with E-state index in [1.54, 1.807) is 62.4 Å². The van der Waals surface area contributed by atoms with Crippen molar-refractivity contribution in [2.45, 2.75) is 19.3 Å². The summed E-state index contributed by atoms with van der Waals surface area (Å²) in [6.07, 6.45) is -0.628. The van der Waals surface area contributed by atoms with Crippen LogP contribution in [0.1, 0.15) is 19.4 Å². The quantitative estimate of drug-likeness (QED) is 0.903. The van der Waals surface area contributed by atoms with E-state index >= 15 is 0 Å². The molecule has 114 valence electrons. The minimum Gasteiger partial charge on any atom is -0.481 e. The van der Waals surface area contributed by atoms with Crippen LogP contribution in [0.5, 0.6) is 5.75 Å². The Balaban J connectivity index is 2.11. The first-order valence-electron chi connectivity index (χ1n) is 6.77. The fourth-order valence-corrected chi connectivity index (χ4v) is 1.85. The maximum Gasteiger partial charge on any atom is 0.417 e. The lowest BCUT2D eigenvalue weighted by Crippen LogP contribution is -2.28. The summed E-state index contributed by atoms with van der Waals surface area (Å²) in [6.45, 7) is 3.22. The van der Waals surface area contributed by atoms with Crippen LogP contribution in [0, 0.1) is 0 Å². The van der Waals surface area contributed by atoms with Gasteiger partial charge in [-0.3, -0.25) is 10.1 Å². The molecule has 0 radical (unpaired) electrons. The Labute approximate surface area is 128 Å². The van der Waals surface area contributed by atoms with Crippen LogP contribution in [0.2, 0.25) is 0 Å². The number of amides is 1. The fourth-order valence-electron chi connectivity index (χ4n) is 1.85. The predicted molar refractivity (Wildman–Crippen MR) is 83.2 cm³/mol. The molecule has 0 aliphatic heterocycles. The summed E-state index contributed by atoms with van der Waals surface area (Å²) in [5.41, 5.74) is 0.0337. The number of anilines is 1. The second kappa shape index (κ2) is 6.30. The molecule has 0 unspecified atom stereocenters. The van der Waals surface area contributed by atoms with E-state index < -0.39 is 17.5 Å². The molecule has 2 aromatic rings. The topological polar surface area (TPSA) is 75.6 Å². The van der Waals surface area contributed by atoms with Crippen LogP contribution in [0.15, 0.2) is 54.6 Å². The molecular formula is C17H17NO4. The van der Waals surface area contributed by atoms with E-state index in [4.69, 9.17) is 4.74 Å². The molecule has 0 atom stereocenters. The van der Waals surface area contributed by atoms with E-state index in [1.165, 1.54) is 0 Å². The largest absolute Gasteiger partial charge is 0.481 e. The van der Waals surface area contributed by atoms with Crippen molar-refractivity contribution in [3.05, 3.63) is 60.2 Å². The van der Waals surface area contributed by atoms with E-state index in [1.807, 2.05) is 6.07 Å². The van der Waals surface area contributed by atoms with Gasteiger partial charge in [-0.15, -0.1) is 0 Å². The highest BCUT2D eigenvalue weighted by Crippen LogP contribution is 2.26. The number of nitrogens with one attached hydrogen (secondary N) is 1. The first-order chi connectivity index (χ1) is 10.4. The Bertz CT molecular complexity index is 680. The van der Waals surface area contributed by atoms with E-state index in [0.29, 0.717) is 17.0 Å². The minimum atomic E-state index is -1.04.